The van der Waals surface area contributed by atoms with Crippen LogP contribution in [0.25, 0.3) is 0 Å². The summed E-state index contributed by atoms with van der Waals surface area (Å²) in [5.41, 5.74) is 2.85. The van der Waals surface area contributed by atoms with Crippen molar-refractivity contribution in [2.45, 2.75) is 26.3 Å². The number of nitrogens with one attached hydrogen (secondary N) is 1. The van der Waals surface area contributed by atoms with Gasteiger partial charge in [0.1, 0.15) is 0 Å². The number of likely N-dealkylation sites (tertiary alicyclic amines) is 1. The van der Waals surface area contributed by atoms with Gasteiger partial charge in [-0.3, -0.25) is 10.1 Å². The first-order valence-corrected chi connectivity index (χ1v) is 6.18. The van der Waals surface area contributed by atoms with E-state index in [-0.39, 0.29) is 10.6 Å². The lowest BCUT2D eigenvalue weighted by atomic mass is 10.1. The predicted octanol–water partition coefficient (Wildman–Crippen LogP) is 2.33. The Kier molecular flexibility index (Phi) is 3.52. The lowest BCUT2D eigenvalue weighted by molar-refractivity contribution is -0.385. The van der Waals surface area contributed by atoms with Crippen molar-refractivity contribution >= 4 is 11.4 Å². The molecule has 0 amide bonds. The first-order chi connectivity index (χ1) is 8.47. The molecule has 18 heavy (non-hydrogen) atoms. The van der Waals surface area contributed by atoms with Crippen LogP contribution in [0.5, 0.6) is 0 Å². The molecule has 2 rings (SSSR count). The minimum atomic E-state index is -0.324. The number of hydrogen-bond acceptors (Lipinski definition) is 4. The third-order valence-electron chi connectivity index (χ3n) is 3.49. The van der Waals surface area contributed by atoms with Gasteiger partial charge in [-0.25, -0.2) is 0 Å². The van der Waals surface area contributed by atoms with Crippen LogP contribution >= 0.6 is 0 Å². The summed E-state index contributed by atoms with van der Waals surface area (Å²) >= 11 is 0. The molecule has 1 heterocycles. The molecular weight excluding hydrogens is 230 g/mol. The van der Waals surface area contributed by atoms with E-state index in [2.05, 4.69) is 17.3 Å². The monoisotopic (exact) mass is 249 g/mol. The molecule has 5 nitrogen and oxygen atoms in total. The lowest BCUT2D eigenvalue weighted by Gasteiger charge is -2.16. The summed E-state index contributed by atoms with van der Waals surface area (Å²) in [7, 11) is 2.11. The molecule has 1 aliphatic heterocycles. The predicted molar refractivity (Wildman–Crippen MR) is 72.1 cm³/mol. The maximum Gasteiger partial charge on any atom is 0.272 e. The molecule has 0 bridgehead atoms. The summed E-state index contributed by atoms with van der Waals surface area (Å²) in [6, 6.07) is 3.97. The molecule has 1 N–H and O–H groups in total. The van der Waals surface area contributed by atoms with Gasteiger partial charge in [0.25, 0.3) is 5.69 Å². The van der Waals surface area contributed by atoms with Crippen molar-refractivity contribution in [3.63, 3.8) is 0 Å². The quantitative estimate of drug-likeness (QED) is 0.659. The average Bonchev–Trinajstić information content (AvgIpc) is 2.68. The van der Waals surface area contributed by atoms with Gasteiger partial charge in [0, 0.05) is 29.9 Å². The number of nitro groups is 1. The Hall–Kier alpha value is -1.62. The Labute approximate surface area is 107 Å². The van der Waals surface area contributed by atoms with Crippen LogP contribution in [0, 0.1) is 24.0 Å². The van der Waals surface area contributed by atoms with Crippen molar-refractivity contribution in [2.24, 2.45) is 0 Å². The maximum absolute atomic E-state index is 10.9. The van der Waals surface area contributed by atoms with Gasteiger partial charge in [-0.15, -0.1) is 0 Å². The lowest BCUT2D eigenvalue weighted by Crippen LogP contribution is -2.23. The number of benzene rings is 1. The van der Waals surface area contributed by atoms with Crippen LogP contribution in [0.15, 0.2) is 12.1 Å². The van der Waals surface area contributed by atoms with Gasteiger partial charge < -0.3 is 10.2 Å². The molecule has 1 saturated heterocycles. The molecular formula is C13H19N3O2. The summed E-state index contributed by atoms with van der Waals surface area (Å²) in [5, 5.41) is 14.3. The highest BCUT2D eigenvalue weighted by atomic mass is 16.6. The fraction of sp³-hybridized carbons (Fsp3) is 0.538. The van der Waals surface area contributed by atoms with Crippen LogP contribution < -0.4 is 5.32 Å². The normalized spacial score (nSPS) is 20.1. The molecule has 0 aromatic heterocycles. The Morgan fingerprint density at radius 3 is 2.67 bits per heavy atom. The molecule has 0 aliphatic carbocycles. The molecule has 0 radical (unpaired) electrons. The van der Waals surface area contributed by atoms with Crippen LogP contribution in [0.4, 0.5) is 11.4 Å². The number of likely N-dealkylation sites (N-methyl/N-ethyl adjacent to an activating group) is 1. The van der Waals surface area contributed by atoms with Crippen molar-refractivity contribution in [3.8, 4) is 0 Å². The molecule has 1 aromatic carbocycles. The highest BCUT2D eigenvalue weighted by Crippen LogP contribution is 2.27. The first kappa shape index (κ1) is 12.8. The number of hydrogen-bond donors (Lipinski definition) is 1. The molecule has 5 heteroatoms. The van der Waals surface area contributed by atoms with Crippen molar-refractivity contribution in [3.05, 3.63) is 33.4 Å². The second kappa shape index (κ2) is 4.94. The van der Waals surface area contributed by atoms with Gasteiger partial charge in [-0.05, 0) is 45.5 Å². The van der Waals surface area contributed by atoms with Gasteiger partial charge in [0.05, 0.1) is 4.92 Å². The fourth-order valence-electron chi connectivity index (χ4n) is 2.43. The molecule has 1 atom stereocenters. The van der Waals surface area contributed by atoms with Crippen LogP contribution in [0.1, 0.15) is 17.5 Å². The number of nitrogens with zero attached hydrogens (tertiary/aromatic N) is 2. The summed E-state index contributed by atoms with van der Waals surface area (Å²) in [6.07, 6.45) is 1.12. The van der Waals surface area contributed by atoms with E-state index in [1.807, 2.05) is 13.0 Å². The van der Waals surface area contributed by atoms with E-state index in [4.69, 9.17) is 0 Å². The van der Waals surface area contributed by atoms with Crippen LogP contribution in [-0.2, 0) is 0 Å². The average molecular weight is 249 g/mol. The summed E-state index contributed by atoms with van der Waals surface area (Å²) in [6.45, 7) is 5.81. The Balaban J connectivity index is 2.19. The molecule has 1 unspecified atom stereocenters. The van der Waals surface area contributed by atoms with Gasteiger partial charge in [-0.2, -0.15) is 0 Å². The van der Waals surface area contributed by atoms with E-state index in [0.29, 0.717) is 11.6 Å². The highest BCUT2D eigenvalue weighted by molar-refractivity contribution is 5.59. The molecule has 1 fully saturated rings. The Morgan fingerprint density at radius 2 is 2.11 bits per heavy atom. The third-order valence-corrected chi connectivity index (χ3v) is 3.49. The largest absolute Gasteiger partial charge is 0.381 e. The van der Waals surface area contributed by atoms with Crippen molar-refractivity contribution in [1.29, 1.82) is 0 Å². The van der Waals surface area contributed by atoms with Gasteiger partial charge in [0.15, 0.2) is 0 Å². The highest BCUT2D eigenvalue weighted by Gasteiger charge is 2.21. The molecule has 1 aromatic rings. The summed E-state index contributed by atoms with van der Waals surface area (Å²) < 4.78 is 0. The molecule has 0 saturated carbocycles. The zero-order valence-electron chi connectivity index (χ0n) is 11.1. The van der Waals surface area contributed by atoms with Crippen LogP contribution in [-0.4, -0.2) is 36.0 Å². The second-order valence-corrected chi connectivity index (χ2v) is 5.10. The fourth-order valence-corrected chi connectivity index (χ4v) is 2.43. The van der Waals surface area contributed by atoms with E-state index in [1.165, 1.54) is 0 Å². The standard InChI is InChI=1S/C13H19N3O2/c1-9-7-13(16(17)18)10(2)6-12(9)14-11-4-5-15(3)8-11/h6-7,11,14H,4-5,8H2,1-3H3. The SMILES string of the molecule is Cc1cc([N+](=O)[O-])c(C)cc1NC1CCN(C)C1. The van der Waals surface area contributed by atoms with E-state index >= 15 is 0 Å². The van der Waals surface area contributed by atoms with Crippen LogP contribution in [0.3, 0.4) is 0 Å². The first-order valence-electron chi connectivity index (χ1n) is 6.18. The number of anilines is 1. The summed E-state index contributed by atoms with van der Waals surface area (Å²) in [4.78, 5) is 12.8. The number of nitro benzene ring substituents is 1. The minimum Gasteiger partial charge on any atom is -0.381 e. The third kappa shape index (κ3) is 2.61. The van der Waals surface area contributed by atoms with Crippen molar-refractivity contribution < 1.29 is 4.92 Å². The topological polar surface area (TPSA) is 58.4 Å². The molecule has 0 spiro atoms. The molecule has 98 valence electrons. The zero-order chi connectivity index (χ0) is 13.3. The van der Waals surface area contributed by atoms with Crippen molar-refractivity contribution in [2.75, 3.05) is 25.5 Å². The smallest absolute Gasteiger partial charge is 0.272 e. The number of aryl methyl sites for hydroxylation is 2. The van der Waals surface area contributed by atoms with Gasteiger partial charge in [-0.1, -0.05) is 0 Å². The second-order valence-electron chi connectivity index (χ2n) is 5.10. The zero-order valence-corrected chi connectivity index (χ0v) is 11.1. The van der Waals surface area contributed by atoms with Gasteiger partial charge >= 0.3 is 0 Å². The van der Waals surface area contributed by atoms with E-state index in [9.17, 15) is 10.1 Å². The van der Waals surface area contributed by atoms with E-state index in [0.717, 1.165) is 30.8 Å². The maximum atomic E-state index is 10.9. The van der Waals surface area contributed by atoms with E-state index < -0.39 is 0 Å². The Bertz CT molecular complexity index is 474. The Morgan fingerprint density at radius 1 is 1.39 bits per heavy atom. The summed E-state index contributed by atoms with van der Waals surface area (Å²) in [5.74, 6) is 0. The molecule has 1 aliphatic rings. The van der Waals surface area contributed by atoms with Crippen molar-refractivity contribution in [1.82, 2.24) is 4.90 Å². The van der Waals surface area contributed by atoms with E-state index in [1.54, 1.807) is 13.0 Å². The van der Waals surface area contributed by atoms with Gasteiger partial charge in [0.2, 0.25) is 0 Å². The minimum absolute atomic E-state index is 0.196. The van der Waals surface area contributed by atoms with Crippen LogP contribution in [0.2, 0.25) is 0 Å². The number of rotatable bonds is 3.